The number of benzene rings is 1. The quantitative estimate of drug-likeness (QED) is 0.454. The molecular weight excluding hydrogens is 318 g/mol. The molecule has 0 unspecified atom stereocenters. The minimum Gasteiger partial charge on any atom is -0.466 e. The Balaban J connectivity index is 1.96. The minimum atomic E-state index is -0.401. The van der Waals surface area contributed by atoms with Gasteiger partial charge in [-0.1, -0.05) is 43.3 Å². The van der Waals surface area contributed by atoms with E-state index in [1.807, 2.05) is 41.9 Å². The summed E-state index contributed by atoms with van der Waals surface area (Å²) in [6.07, 6.45) is 5.91. The monoisotopic (exact) mass is 341 g/mol. The lowest BCUT2D eigenvalue weighted by Crippen LogP contribution is -2.25. The van der Waals surface area contributed by atoms with E-state index in [9.17, 15) is 9.59 Å². The van der Waals surface area contributed by atoms with E-state index in [0.29, 0.717) is 25.1 Å². The van der Waals surface area contributed by atoms with Crippen molar-refractivity contribution in [2.45, 2.75) is 26.3 Å². The predicted molar refractivity (Wildman–Crippen MR) is 95.3 cm³/mol. The molecule has 2 aromatic rings. The third-order valence-electron chi connectivity index (χ3n) is 3.76. The van der Waals surface area contributed by atoms with Crippen LogP contribution in [0.1, 0.15) is 35.0 Å². The molecule has 0 aliphatic heterocycles. The van der Waals surface area contributed by atoms with Crippen LogP contribution in [-0.4, -0.2) is 35.3 Å². The highest BCUT2D eigenvalue weighted by Gasteiger charge is 2.15. The average Bonchev–Trinajstić information content (AvgIpc) is 3.04. The molecule has 1 aromatic carbocycles. The number of amides is 1. The van der Waals surface area contributed by atoms with Gasteiger partial charge in [0.2, 0.25) is 0 Å². The Bertz CT molecular complexity index is 736. The average molecular weight is 341 g/mol. The van der Waals surface area contributed by atoms with Gasteiger partial charge in [-0.25, -0.2) is 4.79 Å². The lowest BCUT2D eigenvalue weighted by Gasteiger charge is -2.08. The summed E-state index contributed by atoms with van der Waals surface area (Å²) in [5, 5.41) is 7.21. The van der Waals surface area contributed by atoms with Gasteiger partial charge < -0.3 is 10.1 Å². The van der Waals surface area contributed by atoms with Crippen molar-refractivity contribution in [2.24, 2.45) is 0 Å². The van der Waals surface area contributed by atoms with Gasteiger partial charge in [0.15, 0.2) is 0 Å². The van der Waals surface area contributed by atoms with Crippen LogP contribution in [0.5, 0.6) is 0 Å². The number of rotatable bonds is 8. The Morgan fingerprint density at radius 1 is 1.28 bits per heavy atom. The molecule has 0 fully saturated rings. The van der Waals surface area contributed by atoms with Crippen LogP contribution >= 0.6 is 0 Å². The number of nitrogens with one attached hydrogen (secondary N) is 1. The minimum absolute atomic E-state index is 0.150. The number of carbonyl (C=O) groups excluding carboxylic acids is 2. The van der Waals surface area contributed by atoms with Crippen molar-refractivity contribution >= 4 is 11.9 Å². The van der Waals surface area contributed by atoms with Crippen molar-refractivity contribution in [1.29, 1.82) is 0 Å². The number of methoxy groups -OCH3 is 1. The summed E-state index contributed by atoms with van der Waals surface area (Å²) in [6.45, 7) is 3.09. The molecule has 0 aliphatic rings. The van der Waals surface area contributed by atoms with Crippen molar-refractivity contribution in [3.63, 3.8) is 0 Å². The van der Waals surface area contributed by atoms with E-state index in [4.69, 9.17) is 0 Å². The summed E-state index contributed by atoms with van der Waals surface area (Å²) in [4.78, 5) is 23.3. The molecule has 0 bridgehead atoms. The SMILES string of the molecule is CCc1c(C(=O)NCC/C=C/C(=O)OC)cnn1Cc1ccccc1. The largest absolute Gasteiger partial charge is 0.466 e. The molecule has 0 saturated heterocycles. The van der Waals surface area contributed by atoms with Crippen molar-refractivity contribution in [3.05, 3.63) is 65.5 Å². The summed E-state index contributed by atoms with van der Waals surface area (Å²) in [7, 11) is 1.33. The number of hydrogen-bond acceptors (Lipinski definition) is 4. The summed E-state index contributed by atoms with van der Waals surface area (Å²) in [5.74, 6) is -0.551. The van der Waals surface area contributed by atoms with E-state index in [-0.39, 0.29) is 5.91 Å². The molecule has 132 valence electrons. The van der Waals surface area contributed by atoms with E-state index >= 15 is 0 Å². The van der Waals surface area contributed by atoms with Crippen molar-refractivity contribution in [2.75, 3.05) is 13.7 Å². The van der Waals surface area contributed by atoms with E-state index < -0.39 is 5.97 Å². The normalized spacial score (nSPS) is 10.8. The van der Waals surface area contributed by atoms with Crippen LogP contribution in [-0.2, 0) is 22.5 Å². The smallest absolute Gasteiger partial charge is 0.330 e. The van der Waals surface area contributed by atoms with Gasteiger partial charge in [0.25, 0.3) is 5.91 Å². The molecule has 1 aromatic heterocycles. The van der Waals surface area contributed by atoms with Gasteiger partial charge in [0, 0.05) is 12.6 Å². The number of aromatic nitrogens is 2. The molecule has 0 saturated carbocycles. The second kappa shape index (κ2) is 9.42. The number of esters is 1. The molecule has 1 amide bonds. The summed E-state index contributed by atoms with van der Waals surface area (Å²) in [5.41, 5.74) is 2.64. The first kappa shape index (κ1) is 18.4. The fourth-order valence-electron chi connectivity index (χ4n) is 2.48. The lowest BCUT2D eigenvalue weighted by molar-refractivity contribution is -0.134. The van der Waals surface area contributed by atoms with Gasteiger partial charge in [-0.05, 0) is 18.4 Å². The molecule has 2 rings (SSSR count). The van der Waals surface area contributed by atoms with Crippen LogP contribution in [0.2, 0.25) is 0 Å². The third kappa shape index (κ3) is 5.31. The molecule has 0 atom stereocenters. The highest BCUT2D eigenvalue weighted by atomic mass is 16.5. The molecule has 1 N–H and O–H groups in total. The standard InChI is InChI=1S/C19H23N3O3/c1-3-17-16(19(24)20-12-8-7-11-18(23)25-2)13-21-22(17)14-15-9-5-4-6-10-15/h4-7,9-11,13H,3,8,12,14H2,1-2H3,(H,20,24)/b11-7+. The first-order valence-electron chi connectivity index (χ1n) is 8.27. The third-order valence-corrected chi connectivity index (χ3v) is 3.76. The molecule has 0 aliphatic carbocycles. The van der Waals surface area contributed by atoms with Gasteiger partial charge in [-0.15, -0.1) is 0 Å². The second-order valence-corrected chi connectivity index (χ2v) is 5.47. The van der Waals surface area contributed by atoms with Crippen molar-refractivity contribution in [3.8, 4) is 0 Å². The zero-order chi connectivity index (χ0) is 18.1. The zero-order valence-corrected chi connectivity index (χ0v) is 14.6. The number of nitrogens with zero attached hydrogens (tertiary/aromatic N) is 2. The molecule has 0 spiro atoms. The first-order chi connectivity index (χ1) is 12.2. The highest BCUT2D eigenvalue weighted by molar-refractivity contribution is 5.95. The summed E-state index contributed by atoms with van der Waals surface area (Å²) < 4.78 is 6.37. The van der Waals surface area contributed by atoms with E-state index in [1.165, 1.54) is 13.2 Å². The Morgan fingerprint density at radius 3 is 2.72 bits per heavy atom. The predicted octanol–water partition coefficient (Wildman–Crippen LogP) is 2.34. The van der Waals surface area contributed by atoms with E-state index in [0.717, 1.165) is 17.7 Å². The Morgan fingerprint density at radius 2 is 2.04 bits per heavy atom. The van der Waals surface area contributed by atoms with Crippen LogP contribution in [0.25, 0.3) is 0 Å². The second-order valence-electron chi connectivity index (χ2n) is 5.47. The van der Waals surface area contributed by atoms with Crippen LogP contribution in [0.3, 0.4) is 0 Å². The maximum absolute atomic E-state index is 12.4. The van der Waals surface area contributed by atoms with Crippen LogP contribution in [0, 0.1) is 0 Å². The highest BCUT2D eigenvalue weighted by Crippen LogP contribution is 2.12. The number of hydrogen-bond donors (Lipinski definition) is 1. The molecule has 6 nitrogen and oxygen atoms in total. The van der Waals surface area contributed by atoms with E-state index in [2.05, 4.69) is 15.2 Å². The lowest BCUT2D eigenvalue weighted by atomic mass is 10.1. The van der Waals surface area contributed by atoms with E-state index in [1.54, 1.807) is 12.3 Å². The fraction of sp³-hybridized carbons (Fsp3) is 0.316. The summed E-state index contributed by atoms with van der Waals surface area (Å²) >= 11 is 0. The Labute approximate surface area is 147 Å². The maximum atomic E-state index is 12.4. The van der Waals surface area contributed by atoms with Crippen LogP contribution < -0.4 is 5.32 Å². The molecule has 25 heavy (non-hydrogen) atoms. The maximum Gasteiger partial charge on any atom is 0.330 e. The molecule has 0 radical (unpaired) electrons. The van der Waals surface area contributed by atoms with Gasteiger partial charge in [-0.3, -0.25) is 9.48 Å². The van der Waals surface area contributed by atoms with Gasteiger partial charge in [0.05, 0.1) is 31.1 Å². The molecular formula is C19H23N3O3. The Kier molecular flexibility index (Phi) is 6.95. The first-order valence-corrected chi connectivity index (χ1v) is 8.27. The van der Waals surface area contributed by atoms with Crippen LogP contribution in [0.15, 0.2) is 48.7 Å². The fourth-order valence-corrected chi connectivity index (χ4v) is 2.48. The van der Waals surface area contributed by atoms with Crippen molar-refractivity contribution in [1.82, 2.24) is 15.1 Å². The van der Waals surface area contributed by atoms with Gasteiger partial charge >= 0.3 is 5.97 Å². The molecule has 6 heteroatoms. The van der Waals surface area contributed by atoms with Gasteiger partial charge in [-0.2, -0.15) is 5.10 Å². The number of carbonyl (C=O) groups is 2. The summed E-state index contributed by atoms with van der Waals surface area (Å²) in [6, 6.07) is 10.0. The van der Waals surface area contributed by atoms with Gasteiger partial charge in [0.1, 0.15) is 0 Å². The molecule has 1 heterocycles. The Hall–Kier alpha value is -2.89. The topological polar surface area (TPSA) is 73.2 Å². The zero-order valence-electron chi connectivity index (χ0n) is 14.6. The van der Waals surface area contributed by atoms with Crippen LogP contribution in [0.4, 0.5) is 0 Å². The van der Waals surface area contributed by atoms with Crippen molar-refractivity contribution < 1.29 is 14.3 Å². The number of ether oxygens (including phenoxy) is 1.